The van der Waals surface area contributed by atoms with E-state index in [4.69, 9.17) is 18.5 Å². The molecular weight excluding hydrogens is 806 g/mol. The first kappa shape index (κ1) is 58.3. The molecule has 0 amide bonds. The van der Waals surface area contributed by atoms with E-state index in [1.165, 1.54) is 0 Å². The molecule has 0 saturated carbocycles. The number of unbranched alkanes of at least 4 members (excludes halogenated alkanes) is 2. The van der Waals surface area contributed by atoms with Crippen LogP contribution in [-0.2, 0) is 32.7 Å². The van der Waals surface area contributed by atoms with E-state index in [1.54, 1.807) is 18.2 Å². The summed E-state index contributed by atoms with van der Waals surface area (Å²) in [7, 11) is 0.956. The topological polar surface area (TPSA) is 152 Å². The molecule has 0 aliphatic heterocycles. The van der Waals surface area contributed by atoms with Crippen LogP contribution in [0.3, 0.4) is 0 Å². The van der Waals surface area contributed by atoms with Crippen molar-refractivity contribution < 1.29 is 52.3 Å². The third kappa shape index (κ3) is 43.0. The summed E-state index contributed by atoms with van der Waals surface area (Å²) < 4.78 is 33.6. The number of ether oxygens (including phenoxy) is 2. The highest BCUT2D eigenvalue weighted by Gasteiger charge is 2.22. The minimum atomic E-state index is -4.72. The lowest BCUT2D eigenvalue weighted by Gasteiger charge is -2.28. The Morgan fingerprint density at radius 3 is 1.63 bits per heavy atom. The second kappa shape index (κ2) is 40.1. The Labute approximate surface area is 374 Å². The minimum absolute atomic E-state index is 0.0471. The predicted molar refractivity (Wildman–Crippen MR) is 252 cm³/mol. The number of carbonyl (C=O) groups is 2. The molecule has 0 fully saturated rings. The summed E-state index contributed by atoms with van der Waals surface area (Å²) in [6.45, 7) is 3.62. The molecule has 0 radical (unpaired) electrons. The van der Waals surface area contributed by atoms with Crippen LogP contribution in [0.1, 0.15) is 117 Å². The zero-order valence-corrected chi connectivity index (χ0v) is 39.4. The van der Waals surface area contributed by atoms with Crippen molar-refractivity contribution in [3.8, 4) is 0 Å². The molecule has 11 nitrogen and oxygen atoms in total. The van der Waals surface area contributed by atoms with E-state index < -0.39 is 51.3 Å². The lowest BCUT2D eigenvalue weighted by molar-refractivity contribution is -0.870. The number of carbonyl (C=O) groups excluding carboxylic acids is 2. The number of nitrogens with zero attached hydrogens (tertiary/aromatic N) is 1. The Bertz CT molecular complexity index is 1500. The second-order valence-corrected chi connectivity index (χ2v) is 17.1. The Kier molecular flexibility index (Phi) is 37.8. The van der Waals surface area contributed by atoms with Crippen LogP contribution in [0, 0.1) is 0 Å². The van der Waals surface area contributed by atoms with Crippen LogP contribution in [0.25, 0.3) is 0 Å². The number of aliphatic hydroxyl groups excluding tert-OH is 2. The van der Waals surface area contributed by atoms with Crippen molar-refractivity contribution >= 4 is 19.8 Å². The highest BCUT2D eigenvalue weighted by atomic mass is 31.2. The van der Waals surface area contributed by atoms with E-state index in [1.807, 2.05) is 63.7 Å². The van der Waals surface area contributed by atoms with E-state index in [9.17, 15) is 29.3 Å². The van der Waals surface area contributed by atoms with Crippen LogP contribution in [0.5, 0.6) is 0 Å². The first-order chi connectivity index (χ1) is 29.8. The van der Waals surface area contributed by atoms with Crippen molar-refractivity contribution in [1.29, 1.82) is 0 Å². The number of hydrogen-bond acceptors (Lipinski definition) is 10. The second-order valence-electron chi connectivity index (χ2n) is 15.7. The highest BCUT2D eigenvalue weighted by molar-refractivity contribution is 7.45. The maximum Gasteiger partial charge on any atom is 0.306 e. The van der Waals surface area contributed by atoms with Crippen molar-refractivity contribution in [2.75, 3.05) is 47.5 Å². The molecule has 350 valence electrons. The third-order valence-electron chi connectivity index (χ3n) is 8.69. The summed E-state index contributed by atoms with van der Waals surface area (Å²) in [6.07, 6.45) is 48.9. The van der Waals surface area contributed by atoms with Gasteiger partial charge in [-0.05, 0) is 70.6 Å². The van der Waals surface area contributed by atoms with Gasteiger partial charge in [0.15, 0.2) is 6.10 Å². The maximum atomic E-state index is 12.7. The van der Waals surface area contributed by atoms with E-state index in [2.05, 4.69) is 74.6 Å². The van der Waals surface area contributed by atoms with Crippen LogP contribution in [0.15, 0.2) is 122 Å². The average Bonchev–Trinajstić information content (AvgIpc) is 3.21. The number of phosphoric acid groups is 1. The Morgan fingerprint density at radius 2 is 1.11 bits per heavy atom. The van der Waals surface area contributed by atoms with Gasteiger partial charge in [-0.3, -0.25) is 14.2 Å². The summed E-state index contributed by atoms with van der Waals surface area (Å²) in [6, 6.07) is 0. The van der Waals surface area contributed by atoms with Crippen LogP contribution in [0.2, 0.25) is 0 Å². The van der Waals surface area contributed by atoms with E-state index in [-0.39, 0.29) is 19.4 Å². The highest BCUT2D eigenvalue weighted by Crippen LogP contribution is 2.38. The molecule has 0 spiro atoms. The smallest absolute Gasteiger partial charge is 0.306 e. The molecule has 0 bridgehead atoms. The molecule has 0 aliphatic carbocycles. The standard InChI is InChI=1S/C50H80NO10P/c1-6-8-10-11-12-13-14-15-16-17-18-19-20-21-22-23-27-30-34-40-49(54)58-44-48(45-60-62(56,57)59-43-42-51(3,4)5)61-50(55)41-35-39-47(53)38-33-29-26-24-25-28-32-37-46(52)36-31-9-7-2/h8,10,12-13,15-16,18-19,21-22,25-30,32-33,37-38,46-48,52-53H,6-7,9,11,14,17,20,23-24,31,34-36,39-45H2,1-5H3/b10-8-,13-12-,16-15-,19-18-,22-21-,28-25-,29-26-,30-27-,37-32+,38-33+/t46-,47-,48-/m1/s1. The Balaban J connectivity index is 4.73. The van der Waals surface area contributed by atoms with Crippen molar-refractivity contribution in [2.45, 2.75) is 135 Å². The Hall–Kier alpha value is -3.67. The van der Waals surface area contributed by atoms with Crippen LogP contribution in [0.4, 0.5) is 0 Å². The molecule has 0 aliphatic rings. The minimum Gasteiger partial charge on any atom is -0.756 e. The van der Waals surface area contributed by atoms with Crippen molar-refractivity contribution in [3.05, 3.63) is 122 Å². The third-order valence-corrected chi connectivity index (χ3v) is 9.65. The van der Waals surface area contributed by atoms with Gasteiger partial charge in [0.25, 0.3) is 7.82 Å². The molecular formula is C50H80NO10P. The zero-order valence-electron chi connectivity index (χ0n) is 38.5. The first-order valence-electron chi connectivity index (χ1n) is 22.5. The largest absolute Gasteiger partial charge is 0.756 e. The number of quaternary nitrogens is 1. The number of allylic oxidation sites excluding steroid dienone is 18. The molecule has 2 N–H and O–H groups in total. The predicted octanol–water partition coefficient (Wildman–Crippen LogP) is 10.2. The van der Waals surface area contributed by atoms with Gasteiger partial charge in [-0.15, -0.1) is 0 Å². The quantitative estimate of drug-likeness (QED) is 0.0153. The number of rotatable bonds is 38. The summed E-state index contributed by atoms with van der Waals surface area (Å²) in [5, 5.41) is 20.2. The molecule has 0 aromatic heterocycles. The summed E-state index contributed by atoms with van der Waals surface area (Å²) in [4.78, 5) is 37.6. The molecule has 1 unspecified atom stereocenters. The molecule has 0 saturated heterocycles. The van der Waals surface area contributed by atoms with Crippen molar-refractivity contribution in [3.63, 3.8) is 0 Å². The maximum absolute atomic E-state index is 12.7. The molecule has 12 heteroatoms. The lowest BCUT2D eigenvalue weighted by atomic mass is 10.1. The van der Waals surface area contributed by atoms with Gasteiger partial charge in [-0.1, -0.05) is 155 Å². The van der Waals surface area contributed by atoms with Crippen LogP contribution >= 0.6 is 7.82 Å². The van der Waals surface area contributed by atoms with Gasteiger partial charge in [0.2, 0.25) is 0 Å². The molecule has 0 aromatic carbocycles. The van der Waals surface area contributed by atoms with Gasteiger partial charge in [0.05, 0.1) is 40.0 Å². The normalized spacial score (nSPS) is 15.7. The van der Waals surface area contributed by atoms with Gasteiger partial charge in [0, 0.05) is 12.8 Å². The first-order valence-corrected chi connectivity index (χ1v) is 23.9. The summed E-state index contributed by atoms with van der Waals surface area (Å²) in [5.41, 5.74) is 0. The van der Waals surface area contributed by atoms with Crippen molar-refractivity contribution in [2.24, 2.45) is 0 Å². The number of aliphatic hydroxyl groups is 2. The summed E-state index contributed by atoms with van der Waals surface area (Å²) in [5.74, 6) is -1.18. The monoisotopic (exact) mass is 886 g/mol. The number of esters is 2. The van der Waals surface area contributed by atoms with E-state index in [0.29, 0.717) is 36.7 Å². The molecule has 62 heavy (non-hydrogen) atoms. The van der Waals surface area contributed by atoms with Gasteiger partial charge in [-0.25, -0.2) is 0 Å². The fourth-order valence-electron chi connectivity index (χ4n) is 5.13. The van der Waals surface area contributed by atoms with Gasteiger partial charge in [-0.2, -0.15) is 0 Å². The lowest BCUT2D eigenvalue weighted by Crippen LogP contribution is -2.37. The van der Waals surface area contributed by atoms with Crippen LogP contribution in [-0.4, -0.2) is 92.5 Å². The van der Waals surface area contributed by atoms with Gasteiger partial charge in [0.1, 0.15) is 19.8 Å². The number of hydrogen-bond donors (Lipinski definition) is 2. The molecule has 4 atom stereocenters. The fraction of sp³-hybridized carbons (Fsp3) is 0.560. The zero-order chi connectivity index (χ0) is 46.0. The molecule has 0 heterocycles. The van der Waals surface area contributed by atoms with Crippen molar-refractivity contribution in [1.82, 2.24) is 0 Å². The SMILES string of the molecule is CC/C=C\C/C=C\C/C=C\C/C=C\C/C=C\C/C=C\CCC(=O)OC[C@H](COP(=O)([O-])OCC[N+](C)(C)C)OC(=O)CCC[C@H](O)/C=C/C=C\C/C=C\C=C\[C@H](O)CCCCC. The number of phosphoric ester groups is 1. The Morgan fingerprint density at radius 1 is 0.613 bits per heavy atom. The van der Waals surface area contributed by atoms with Crippen LogP contribution < -0.4 is 4.89 Å². The molecule has 0 rings (SSSR count). The van der Waals surface area contributed by atoms with Gasteiger partial charge >= 0.3 is 11.9 Å². The van der Waals surface area contributed by atoms with E-state index in [0.717, 1.165) is 64.2 Å². The number of likely N-dealkylation sites (N-methyl/N-ethyl adjacent to an activating group) is 1. The van der Waals surface area contributed by atoms with Gasteiger partial charge < -0.3 is 38.1 Å². The fourth-order valence-corrected chi connectivity index (χ4v) is 5.86. The van der Waals surface area contributed by atoms with E-state index >= 15 is 0 Å². The average molecular weight is 886 g/mol. The summed E-state index contributed by atoms with van der Waals surface area (Å²) >= 11 is 0. The molecule has 0 aromatic rings.